The van der Waals surface area contributed by atoms with Gasteiger partial charge in [0.25, 0.3) is 5.91 Å². The molecule has 0 radical (unpaired) electrons. The van der Waals surface area contributed by atoms with Gasteiger partial charge in [-0.1, -0.05) is 102 Å². The largest absolute Gasteiger partial charge is 0.290 e. The van der Waals surface area contributed by atoms with Crippen LogP contribution in [0.5, 0.6) is 0 Å². The van der Waals surface area contributed by atoms with Gasteiger partial charge in [-0.05, 0) is 48.5 Å². The third-order valence-corrected chi connectivity index (χ3v) is 10.5. The Kier molecular flexibility index (Phi) is 7.53. The molecule has 6 heteroatoms. The Morgan fingerprint density at radius 1 is 0.606 bits per heavy atom. The minimum Gasteiger partial charge on any atom is -0.290 e. The van der Waals surface area contributed by atoms with E-state index in [1.54, 1.807) is 24.3 Å². The van der Waals surface area contributed by atoms with Crippen molar-refractivity contribution in [2.24, 2.45) is 0 Å². The number of benzene rings is 4. The van der Waals surface area contributed by atoms with Gasteiger partial charge in [0.1, 0.15) is 15.9 Å². The molecule has 0 bridgehead atoms. The van der Waals surface area contributed by atoms with E-state index in [4.69, 9.17) is 34.8 Å². The molecule has 4 aromatic carbocycles. The molecule has 0 unspecified atom stereocenters. The summed E-state index contributed by atoms with van der Waals surface area (Å²) < 4.78 is 0.000274. The van der Waals surface area contributed by atoms with E-state index in [0.717, 1.165) is 15.9 Å². The predicted octanol–water partition coefficient (Wildman–Crippen LogP) is 6.67. The summed E-state index contributed by atoms with van der Waals surface area (Å²) in [6, 6.07) is 36.9. The Morgan fingerprint density at radius 2 is 1.00 bits per heavy atom. The van der Waals surface area contributed by atoms with E-state index in [1.807, 2.05) is 91.0 Å². The summed E-state index contributed by atoms with van der Waals surface area (Å²) >= 11 is 19.5. The van der Waals surface area contributed by atoms with Crippen LogP contribution in [0.25, 0.3) is 0 Å². The number of carbonyl (C=O) groups is 1. The second-order valence-corrected chi connectivity index (χ2v) is 11.9. The van der Waals surface area contributed by atoms with Gasteiger partial charge in [-0.15, -0.1) is 0 Å². The molecule has 0 aliphatic rings. The van der Waals surface area contributed by atoms with E-state index in [-0.39, 0.29) is 10.4 Å². The molecule has 0 atom stereocenters. The van der Waals surface area contributed by atoms with Gasteiger partial charge in [-0.3, -0.25) is 10.1 Å². The van der Waals surface area contributed by atoms with Crippen LogP contribution in [0.2, 0.25) is 5.02 Å². The van der Waals surface area contributed by atoms with E-state index in [0.29, 0.717) is 16.0 Å². The normalized spacial score (nSPS) is 11.0. The lowest BCUT2D eigenvalue weighted by Crippen LogP contribution is -2.38. The van der Waals surface area contributed by atoms with Crippen LogP contribution in [0.3, 0.4) is 0 Å². The Morgan fingerprint density at radius 3 is 1.39 bits per heavy atom. The molecular formula is C27H20Cl3NOP+. The van der Waals surface area contributed by atoms with Crippen molar-refractivity contribution in [3.8, 4) is 0 Å². The van der Waals surface area contributed by atoms with Crippen molar-refractivity contribution in [3.05, 3.63) is 136 Å². The van der Waals surface area contributed by atoms with Crippen LogP contribution in [-0.2, 0) is 0 Å². The third kappa shape index (κ3) is 4.71. The number of nitrogens with one attached hydrogen (secondary N) is 1. The van der Waals surface area contributed by atoms with E-state index < -0.39 is 7.26 Å². The summed E-state index contributed by atoms with van der Waals surface area (Å²) in [5.41, 5.74) is 0.804. The fourth-order valence-corrected chi connectivity index (χ4v) is 8.99. The van der Waals surface area contributed by atoms with Crippen LogP contribution in [0.15, 0.2) is 125 Å². The Hall–Kier alpha value is -2.61. The van der Waals surface area contributed by atoms with Crippen molar-refractivity contribution >= 4 is 63.9 Å². The highest BCUT2D eigenvalue weighted by molar-refractivity contribution is 7.99. The number of carbonyl (C=O) groups excluding carboxylic acids is 1. The second-order valence-electron chi connectivity index (χ2n) is 7.22. The van der Waals surface area contributed by atoms with Crippen LogP contribution >= 0.6 is 42.1 Å². The molecule has 0 fully saturated rings. The number of hydrogen-bond acceptors (Lipinski definition) is 1. The maximum absolute atomic E-state index is 13.4. The topological polar surface area (TPSA) is 29.1 Å². The second kappa shape index (κ2) is 10.5. The molecule has 33 heavy (non-hydrogen) atoms. The van der Waals surface area contributed by atoms with Crippen molar-refractivity contribution in [1.29, 1.82) is 0 Å². The van der Waals surface area contributed by atoms with Gasteiger partial charge in [0.15, 0.2) is 11.8 Å². The summed E-state index contributed by atoms with van der Waals surface area (Å²) in [7, 11) is -2.67. The van der Waals surface area contributed by atoms with E-state index in [2.05, 4.69) is 5.32 Å². The van der Waals surface area contributed by atoms with Crippen molar-refractivity contribution in [1.82, 2.24) is 5.32 Å². The lowest BCUT2D eigenvalue weighted by atomic mass is 10.2. The van der Waals surface area contributed by atoms with Crippen molar-refractivity contribution in [2.75, 3.05) is 0 Å². The van der Waals surface area contributed by atoms with Crippen LogP contribution < -0.4 is 21.2 Å². The molecule has 4 rings (SSSR count). The molecule has 1 N–H and O–H groups in total. The maximum atomic E-state index is 13.4. The molecular weight excluding hydrogens is 492 g/mol. The molecule has 0 aliphatic heterocycles. The highest BCUT2D eigenvalue weighted by Crippen LogP contribution is 2.63. The smallest absolute Gasteiger partial charge is 0.259 e. The molecule has 0 aromatic heterocycles. The van der Waals surface area contributed by atoms with Gasteiger partial charge in [-0.25, -0.2) is 0 Å². The lowest BCUT2D eigenvalue weighted by molar-refractivity contribution is 0.0968. The summed E-state index contributed by atoms with van der Waals surface area (Å²) in [5.74, 6) is -0.374. The van der Waals surface area contributed by atoms with Crippen LogP contribution in [0, 0.1) is 0 Å². The summed E-state index contributed by atoms with van der Waals surface area (Å²) in [6.07, 6.45) is 0. The Balaban J connectivity index is 2.01. The molecule has 0 heterocycles. The van der Waals surface area contributed by atoms with E-state index in [9.17, 15) is 4.79 Å². The predicted molar refractivity (Wildman–Crippen MR) is 143 cm³/mol. The van der Waals surface area contributed by atoms with Crippen LogP contribution in [-0.4, -0.2) is 5.91 Å². The van der Waals surface area contributed by atoms with Crippen molar-refractivity contribution in [3.63, 3.8) is 0 Å². The van der Waals surface area contributed by atoms with Crippen molar-refractivity contribution in [2.45, 2.75) is 0 Å². The first-order chi connectivity index (χ1) is 16.0. The maximum Gasteiger partial charge on any atom is 0.259 e. The van der Waals surface area contributed by atoms with Crippen LogP contribution in [0.4, 0.5) is 0 Å². The van der Waals surface area contributed by atoms with Gasteiger partial charge in [0, 0.05) is 0 Å². The summed E-state index contributed by atoms with van der Waals surface area (Å²) in [6.45, 7) is 0. The molecule has 4 aromatic rings. The zero-order valence-corrected chi connectivity index (χ0v) is 20.6. The molecule has 0 saturated carbocycles. The molecule has 0 saturated heterocycles. The quantitative estimate of drug-likeness (QED) is 0.288. The first-order valence-corrected chi connectivity index (χ1v) is 13.1. The number of halogens is 3. The molecule has 1 amide bonds. The van der Waals surface area contributed by atoms with Gasteiger partial charge < -0.3 is 0 Å². The Labute approximate surface area is 209 Å². The monoisotopic (exact) mass is 510 g/mol. The lowest BCUT2D eigenvalue weighted by Gasteiger charge is -2.29. The van der Waals surface area contributed by atoms with Gasteiger partial charge in [0.2, 0.25) is 5.44 Å². The fourth-order valence-electron chi connectivity index (χ4n) is 3.87. The molecule has 0 spiro atoms. The first-order valence-electron chi connectivity index (χ1n) is 10.2. The van der Waals surface area contributed by atoms with E-state index in [1.165, 1.54) is 0 Å². The van der Waals surface area contributed by atoms with Gasteiger partial charge >= 0.3 is 0 Å². The molecule has 2 nitrogen and oxygen atoms in total. The standard InChI is InChI=1S/C27H19Cl3NOP/c28-24-19-11-10-18-23(24)26(32)31-27(25(29)30)33(20-12-4-1-5-13-20,21-14-6-2-7-15-21)22-16-8-3-9-17-22/h1-19H/p+1. The number of rotatable bonds is 6. The number of hydrogen-bond donors (Lipinski definition) is 1. The summed E-state index contributed by atoms with van der Waals surface area (Å²) in [5, 5.41) is 6.43. The SMILES string of the molecule is O=C(NC(=C(Cl)Cl)[P+](c1ccccc1)(c1ccccc1)c1ccccc1)c1ccccc1Cl. The zero-order valence-electron chi connectivity index (χ0n) is 17.5. The minimum atomic E-state index is -2.67. The average Bonchev–Trinajstić information content (AvgIpc) is 2.86. The third-order valence-electron chi connectivity index (χ3n) is 5.30. The molecule has 0 aliphatic carbocycles. The Bertz CT molecular complexity index is 1180. The highest BCUT2D eigenvalue weighted by Gasteiger charge is 2.52. The van der Waals surface area contributed by atoms with Gasteiger partial charge in [-0.2, -0.15) is 0 Å². The first kappa shape index (κ1) is 23.5. The number of amides is 1. The van der Waals surface area contributed by atoms with Crippen LogP contribution in [0.1, 0.15) is 10.4 Å². The minimum absolute atomic E-state index is 0.000274. The van der Waals surface area contributed by atoms with E-state index >= 15 is 0 Å². The van der Waals surface area contributed by atoms with Crippen molar-refractivity contribution < 1.29 is 4.79 Å². The average molecular weight is 512 g/mol. The highest BCUT2D eigenvalue weighted by atomic mass is 35.5. The fraction of sp³-hybridized carbons (Fsp3) is 0. The summed E-state index contributed by atoms with van der Waals surface area (Å²) in [4.78, 5) is 13.4. The zero-order chi connectivity index (χ0) is 23.3. The molecule has 164 valence electrons. The van der Waals surface area contributed by atoms with Gasteiger partial charge in [0.05, 0.1) is 10.6 Å².